The summed E-state index contributed by atoms with van der Waals surface area (Å²) in [5.74, 6) is -0.0268. The van der Waals surface area contributed by atoms with Gasteiger partial charge in [0.1, 0.15) is 5.76 Å². The van der Waals surface area contributed by atoms with Crippen LogP contribution in [0.2, 0.25) is 0 Å². The second kappa shape index (κ2) is 3.06. The normalized spacial score (nSPS) is 19.9. The molecule has 1 aliphatic rings. The third-order valence-electron chi connectivity index (χ3n) is 2.37. The number of imide groups is 1. The van der Waals surface area contributed by atoms with Crippen molar-refractivity contribution in [3.63, 3.8) is 0 Å². The van der Waals surface area contributed by atoms with Gasteiger partial charge in [0.15, 0.2) is 6.04 Å². The number of nitrogens with zero attached hydrogens (tertiary/aromatic N) is 1. The van der Waals surface area contributed by atoms with Gasteiger partial charge in [-0.1, -0.05) is 0 Å². The first-order valence-electron chi connectivity index (χ1n) is 4.70. The van der Waals surface area contributed by atoms with E-state index < -0.39 is 18.0 Å². The molecule has 3 amide bonds. The molecular weight excluding hydrogens is 210 g/mol. The van der Waals surface area contributed by atoms with Gasteiger partial charge in [-0.2, -0.15) is 0 Å². The van der Waals surface area contributed by atoms with Crippen LogP contribution in [0.25, 0.3) is 11.1 Å². The van der Waals surface area contributed by atoms with Crippen LogP contribution in [0.3, 0.4) is 0 Å². The average molecular weight is 217 g/mol. The molecule has 0 aromatic carbocycles. The number of hydrogen-bond acceptors (Lipinski definition) is 4. The second-order valence-corrected chi connectivity index (χ2v) is 3.44. The molecule has 1 atom stereocenters. The topological polar surface area (TPSA) is 84.2 Å². The Balaban J connectivity index is 2.06. The molecule has 2 N–H and O–H groups in total. The Morgan fingerprint density at radius 1 is 1.38 bits per heavy atom. The standard InChI is InChI=1S/C10H7N3O3/c14-8-7(12-10(15)13-8)6-4-5-2-1-3-11-9(5)16-6/h1-4,7H,(H2,12,13,14,15). The van der Waals surface area contributed by atoms with Gasteiger partial charge in [0.05, 0.1) is 0 Å². The SMILES string of the molecule is O=C1NC(=O)C(c2cc3cccnc3o2)N1. The van der Waals surface area contributed by atoms with Crippen molar-refractivity contribution in [2.45, 2.75) is 6.04 Å². The second-order valence-electron chi connectivity index (χ2n) is 3.44. The lowest BCUT2D eigenvalue weighted by Gasteiger charge is -2.00. The highest BCUT2D eigenvalue weighted by molar-refractivity contribution is 6.04. The monoisotopic (exact) mass is 217 g/mol. The summed E-state index contributed by atoms with van der Waals surface area (Å²) < 4.78 is 5.38. The summed E-state index contributed by atoms with van der Waals surface area (Å²) in [6.45, 7) is 0. The van der Waals surface area contributed by atoms with Crippen LogP contribution in [-0.2, 0) is 4.79 Å². The number of carbonyl (C=O) groups excluding carboxylic acids is 2. The predicted octanol–water partition coefficient (Wildman–Crippen LogP) is 0.708. The Bertz CT molecular complexity index is 557. The molecule has 1 aliphatic heterocycles. The number of furan rings is 1. The fraction of sp³-hybridized carbons (Fsp3) is 0.100. The van der Waals surface area contributed by atoms with E-state index in [1.54, 1.807) is 18.3 Å². The van der Waals surface area contributed by atoms with Gasteiger partial charge in [-0.05, 0) is 18.2 Å². The summed E-state index contributed by atoms with van der Waals surface area (Å²) in [5.41, 5.74) is 0.450. The lowest BCUT2D eigenvalue weighted by atomic mass is 10.2. The van der Waals surface area contributed by atoms with Crippen LogP contribution < -0.4 is 10.6 Å². The maximum absolute atomic E-state index is 11.4. The van der Waals surface area contributed by atoms with E-state index in [9.17, 15) is 9.59 Å². The molecule has 3 heterocycles. The molecule has 6 heteroatoms. The van der Waals surface area contributed by atoms with E-state index in [0.29, 0.717) is 11.5 Å². The van der Waals surface area contributed by atoms with Gasteiger partial charge in [0, 0.05) is 11.6 Å². The lowest BCUT2D eigenvalue weighted by Crippen LogP contribution is -2.22. The van der Waals surface area contributed by atoms with Gasteiger partial charge in [-0.3, -0.25) is 10.1 Å². The molecule has 1 saturated heterocycles. The van der Waals surface area contributed by atoms with Gasteiger partial charge in [0.25, 0.3) is 5.91 Å². The molecule has 0 radical (unpaired) electrons. The maximum atomic E-state index is 11.4. The third kappa shape index (κ3) is 1.23. The highest BCUT2D eigenvalue weighted by Crippen LogP contribution is 2.23. The van der Waals surface area contributed by atoms with Crippen molar-refractivity contribution < 1.29 is 14.0 Å². The number of rotatable bonds is 1. The molecule has 2 aromatic rings. The Morgan fingerprint density at radius 2 is 2.25 bits per heavy atom. The summed E-state index contributed by atoms with van der Waals surface area (Å²) in [4.78, 5) is 26.3. The zero-order chi connectivity index (χ0) is 11.1. The van der Waals surface area contributed by atoms with E-state index in [-0.39, 0.29) is 0 Å². The van der Waals surface area contributed by atoms with Crippen molar-refractivity contribution in [2.24, 2.45) is 0 Å². The first kappa shape index (κ1) is 8.90. The van der Waals surface area contributed by atoms with Gasteiger partial charge in [0.2, 0.25) is 5.71 Å². The number of pyridine rings is 1. The van der Waals surface area contributed by atoms with Crippen molar-refractivity contribution in [3.05, 3.63) is 30.2 Å². The smallest absolute Gasteiger partial charge is 0.322 e. The summed E-state index contributed by atoms with van der Waals surface area (Å²) in [6.07, 6.45) is 1.60. The van der Waals surface area contributed by atoms with Crippen LogP contribution in [0.15, 0.2) is 28.8 Å². The predicted molar refractivity (Wildman–Crippen MR) is 53.4 cm³/mol. The summed E-state index contributed by atoms with van der Waals surface area (Å²) in [7, 11) is 0. The molecule has 0 saturated carbocycles. The van der Waals surface area contributed by atoms with E-state index in [1.807, 2.05) is 6.07 Å². The average Bonchev–Trinajstić information content (AvgIpc) is 2.81. The van der Waals surface area contributed by atoms with Crippen molar-refractivity contribution in [3.8, 4) is 0 Å². The lowest BCUT2D eigenvalue weighted by molar-refractivity contribution is -0.120. The molecule has 3 rings (SSSR count). The number of nitrogens with one attached hydrogen (secondary N) is 2. The summed E-state index contributed by atoms with van der Waals surface area (Å²) in [6, 6.07) is 4.02. The van der Waals surface area contributed by atoms with E-state index in [2.05, 4.69) is 15.6 Å². The summed E-state index contributed by atoms with van der Waals surface area (Å²) >= 11 is 0. The number of fused-ring (bicyclic) bond motifs is 1. The first-order chi connectivity index (χ1) is 7.74. The molecule has 80 valence electrons. The van der Waals surface area contributed by atoms with Crippen molar-refractivity contribution >= 4 is 23.0 Å². The zero-order valence-electron chi connectivity index (χ0n) is 8.06. The van der Waals surface area contributed by atoms with Crippen LogP contribution in [-0.4, -0.2) is 16.9 Å². The number of amides is 3. The number of carbonyl (C=O) groups is 2. The summed E-state index contributed by atoms with van der Waals surface area (Å²) in [5, 5.41) is 5.40. The fourth-order valence-corrected chi connectivity index (χ4v) is 1.65. The number of hydrogen-bond donors (Lipinski definition) is 2. The van der Waals surface area contributed by atoms with Gasteiger partial charge in [-0.25, -0.2) is 9.78 Å². The van der Waals surface area contributed by atoms with Crippen molar-refractivity contribution in [1.29, 1.82) is 0 Å². The van der Waals surface area contributed by atoms with E-state index in [1.165, 1.54) is 0 Å². The van der Waals surface area contributed by atoms with Crippen molar-refractivity contribution in [1.82, 2.24) is 15.6 Å². The molecule has 1 unspecified atom stereocenters. The molecule has 0 aliphatic carbocycles. The minimum Gasteiger partial charge on any atom is -0.440 e. The minimum atomic E-state index is -0.762. The Hall–Kier alpha value is -2.37. The zero-order valence-corrected chi connectivity index (χ0v) is 8.06. The third-order valence-corrected chi connectivity index (χ3v) is 2.37. The van der Waals surface area contributed by atoms with Crippen LogP contribution in [0.4, 0.5) is 4.79 Å². The maximum Gasteiger partial charge on any atom is 0.322 e. The fourth-order valence-electron chi connectivity index (χ4n) is 1.65. The Morgan fingerprint density at radius 3 is 2.94 bits per heavy atom. The molecular formula is C10H7N3O3. The van der Waals surface area contributed by atoms with Crippen LogP contribution >= 0.6 is 0 Å². The minimum absolute atomic E-state index is 0.386. The van der Waals surface area contributed by atoms with E-state index in [0.717, 1.165) is 5.39 Å². The van der Waals surface area contributed by atoms with Crippen LogP contribution in [0.1, 0.15) is 11.8 Å². The number of aromatic nitrogens is 1. The molecule has 1 fully saturated rings. The largest absolute Gasteiger partial charge is 0.440 e. The molecule has 6 nitrogen and oxygen atoms in total. The Kier molecular flexibility index (Phi) is 1.70. The highest BCUT2D eigenvalue weighted by atomic mass is 16.3. The molecule has 2 aromatic heterocycles. The van der Waals surface area contributed by atoms with Gasteiger partial charge in [-0.15, -0.1) is 0 Å². The van der Waals surface area contributed by atoms with Crippen LogP contribution in [0, 0.1) is 0 Å². The molecule has 0 bridgehead atoms. The van der Waals surface area contributed by atoms with E-state index in [4.69, 9.17) is 4.42 Å². The Labute approximate surface area is 89.6 Å². The van der Waals surface area contributed by atoms with Crippen molar-refractivity contribution in [2.75, 3.05) is 0 Å². The van der Waals surface area contributed by atoms with Gasteiger partial charge < -0.3 is 9.73 Å². The highest BCUT2D eigenvalue weighted by Gasteiger charge is 2.33. The quantitative estimate of drug-likeness (QED) is 0.689. The van der Waals surface area contributed by atoms with E-state index >= 15 is 0 Å². The first-order valence-corrected chi connectivity index (χ1v) is 4.70. The number of urea groups is 1. The van der Waals surface area contributed by atoms with Gasteiger partial charge >= 0.3 is 6.03 Å². The molecule has 0 spiro atoms. The van der Waals surface area contributed by atoms with Crippen LogP contribution in [0.5, 0.6) is 0 Å². The molecule has 16 heavy (non-hydrogen) atoms.